The number of Topliss-reactive ketones (excluding diaryl/α,β-unsaturated/α-hetero) is 1. The van der Waals surface area contributed by atoms with Gasteiger partial charge in [-0.25, -0.2) is 0 Å². The minimum atomic E-state index is -0.481. The Balaban J connectivity index is 2.73. The number of amides is 1. The van der Waals surface area contributed by atoms with Gasteiger partial charge in [-0.3, -0.25) is 9.59 Å². The quantitative estimate of drug-likeness (QED) is 0.927. The molecule has 0 heterocycles. The average Bonchev–Trinajstić information content (AvgIpc) is 2.27. The van der Waals surface area contributed by atoms with Crippen molar-refractivity contribution in [3.63, 3.8) is 0 Å². The molecule has 0 saturated heterocycles. The SMILES string of the molecule is CC(C)(C)C(=O)CNC(=O)c1cccc(Cl)c1Cl. The molecular formula is C13H15Cl2NO2. The van der Waals surface area contributed by atoms with Gasteiger partial charge in [-0.2, -0.15) is 0 Å². The highest BCUT2D eigenvalue weighted by atomic mass is 35.5. The first-order valence-electron chi connectivity index (χ1n) is 5.49. The van der Waals surface area contributed by atoms with Crippen molar-refractivity contribution in [1.82, 2.24) is 5.32 Å². The minimum absolute atomic E-state index is 0.0226. The van der Waals surface area contributed by atoms with Gasteiger partial charge >= 0.3 is 0 Å². The van der Waals surface area contributed by atoms with E-state index in [-0.39, 0.29) is 22.9 Å². The molecule has 0 aliphatic heterocycles. The second kappa shape index (κ2) is 5.72. The number of rotatable bonds is 3. The highest BCUT2D eigenvalue weighted by Gasteiger charge is 2.22. The van der Waals surface area contributed by atoms with Crippen LogP contribution in [0.2, 0.25) is 10.0 Å². The van der Waals surface area contributed by atoms with Crippen LogP contribution >= 0.6 is 23.2 Å². The molecule has 0 fully saturated rings. The summed E-state index contributed by atoms with van der Waals surface area (Å²) in [6.45, 7) is 5.38. The lowest BCUT2D eigenvalue weighted by Crippen LogP contribution is -2.35. The van der Waals surface area contributed by atoms with E-state index in [1.165, 1.54) is 0 Å². The van der Waals surface area contributed by atoms with Crippen molar-refractivity contribution < 1.29 is 9.59 Å². The minimum Gasteiger partial charge on any atom is -0.345 e. The standard InChI is InChI=1S/C13H15Cl2NO2/c1-13(2,3)10(17)7-16-12(18)8-5-4-6-9(14)11(8)15/h4-6H,7H2,1-3H3,(H,16,18). The fraction of sp³-hybridized carbons (Fsp3) is 0.385. The molecule has 18 heavy (non-hydrogen) atoms. The number of nitrogens with one attached hydrogen (secondary N) is 1. The summed E-state index contributed by atoms with van der Waals surface area (Å²) in [7, 11) is 0. The van der Waals surface area contributed by atoms with Crippen molar-refractivity contribution >= 4 is 34.9 Å². The molecule has 1 N–H and O–H groups in total. The zero-order chi connectivity index (χ0) is 13.9. The van der Waals surface area contributed by atoms with Gasteiger partial charge in [-0.15, -0.1) is 0 Å². The Kier molecular flexibility index (Phi) is 4.77. The molecular weight excluding hydrogens is 273 g/mol. The Bertz CT molecular complexity index is 478. The third kappa shape index (κ3) is 3.72. The average molecular weight is 288 g/mol. The summed E-state index contributed by atoms with van der Waals surface area (Å²) >= 11 is 11.7. The Morgan fingerprint density at radius 2 is 1.83 bits per heavy atom. The van der Waals surface area contributed by atoms with E-state index < -0.39 is 11.3 Å². The summed E-state index contributed by atoms with van der Waals surface area (Å²) in [5.41, 5.74) is -0.211. The van der Waals surface area contributed by atoms with Crippen LogP contribution in [0.4, 0.5) is 0 Å². The zero-order valence-electron chi connectivity index (χ0n) is 10.5. The molecule has 5 heteroatoms. The Hall–Kier alpha value is -1.06. The number of carbonyl (C=O) groups is 2. The van der Waals surface area contributed by atoms with Crippen LogP contribution in [0.3, 0.4) is 0 Å². The lowest BCUT2D eigenvalue weighted by molar-refractivity contribution is -0.125. The topological polar surface area (TPSA) is 46.2 Å². The maximum absolute atomic E-state index is 11.8. The number of hydrogen-bond acceptors (Lipinski definition) is 2. The van der Waals surface area contributed by atoms with E-state index in [4.69, 9.17) is 23.2 Å². The molecule has 1 rings (SSSR count). The predicted molar refractivity (Wildman–Crippen MR) is 73.3 cm³/mol. The molecule has 0 aliphatic rings. The van der Waals surface area contributed by atoms with Gasteiger partial charge in [0.2, 0.25) is 0 Å². The van der Waals surface area contributed by atoms with Crippen molar-refractivity contribution in [3.05, 3.63) is 33.8 Å². The second-order valence-corrected chi connectivity index (χ2v) is 5.74. The highest BCUT2D eigenvalue weighted by Crippen LogP contribution is 2.25. The zero-order valence-corrected chi connectivity index (χ0v) is 12.0. The van der Waals surface area contributed by atoms with Gasteiger partial charge < -0.3 is 5.32 Å². The van der Waals surface area contributed by atoms with Crippen LogP contribution in [0, 0.1) is 5.41 Å². The molecule has 0 radical (unpaired) electrons. The van der Waals surface area contributed by atoms with Gasteiger partial charge in [0.25, 0.3) is 5.91 Å². The van der Waals surface area contributed by atoms with Gasteiger partial charge in [0.15, 0.2) is 5.78 Å². The maximum Gasteiger partial charge on any atom is 0.253 e. The molecule has 3 nitrogen and oxygen atoms in total. The van der Waals surface area contributed by atoms with Crippen molar-refractivity contribution in [2.24, 2.45) is 5.41 Å². The second-order valence-electron chi connectivity index (χ2n) is 4.96. The molecule has 0 bridgehead atoms. The van der Waals surface area contributed by atoms with Crippen LogP contribution in [0.25, 0.3) is 0 Å². The van der Waals surface area contributed by atoms with E-state index >= 15 is 0 Å². The molecule has 98 valence electrons. The summed E-state index contributed by atoms with van der Waals surface area (Å²) in [6, 6.07) is 4.79. The van der Waals surface area contributed by atoms with Gasteiger partial charge in [-0.1, -0.05) is 50.0 Å². The van der Waals surface area contributed by atoms with E-state index in [2.05, 4.69) is 5.32 Å². The molecule has 1 aromatic rings. The molecule has 1 aromatic carbocycles. The summed E-state index contributed by atoms with van der Waals surface area (Å²) in [5, 5.41) is 3.05. The first-order valence-corrected chi connectivity index (χ1v) is 6.24. The largest absolute Gasteiger partial charge is 0.345 e. The number of hydrogen-bond donors (Lipinski definition) is 1. The molecule has 0 aromatic heterocycles. The predicted octanol–water partition coefficient (Wildman–Crippen LogP) is 3.34. The number of benzene rings is 1. The van der Waals surface area contributed by atoms with Crippen LogP contribution in [0.5, 0.6) is 0 Å². The summed E-state index contributed by atoms with van der Waals surface area (Å²) in [4.78, 5) is 23.5. The van der Waals surface area contributed by atoms with Crippen LogP contribution < -0.4 is 5.32 Å². The molecule has 0 atom stereocenters. The van der Waals surface area contributed by atoms with Gasteiger partial charge in [-0.05, 0) is 12.1 Å². The molecule has 0 unspecified atom stereocenters. The maximum atomic E-state index is 11.8. The van der Waals surface area contributed by atoms with Crippen LogP contribution in [0.1, 0.15) is 31.1 Å². The Labute approximate surface area is 116 Å². The first kappa shape index (κ1) is 15.0. The molecule has 0 saturated carbocycles. The van der Waals surface area contributed by atoms with E-state index in [1.54, 1.807) is 39.0 Å². The van der Waals surface area contributed by atoms with Crippen molar-refractivity contribution in [2.75, 3.05) is 6.54 Å². The van der Waals surface area contributed by atoms with E-state index in [9.17, 15) is 9.59 Å². The lowest BCUT2D eigenvalue weighted by Gasteiger charge is -2.16. The number of halogens is 2. The fourth-order valence-corrected chi connectivity index (χ4v) is 1.59. The van der Waals surface area contributed by atoms with Crippen molar-refractivity contribution in [1.29, 1.82) is 0 Å². The molecule has 1 amide bonds. The van der Waals surface area contributed by atoms with E-state index in [0.29, 0.717) is 5.02 Å². The van der Waals surface area contributed by atoms with Crippen LogP contribution in [-0.2, 0) is 4.79 Å². The summed E-state index contributed by atoms with van der Waals surface area (Å²) in [6.07, 6.45) is 0. The molecule has 0 spiro atoms. The summed E-state index contributed by atoms with van der Waals surface area (Å²) in [5.74, 6) is -0.450. The molecule has 0 aliphatic carbocycles. The fourth-order valence-electron chi connectivity index (χ4n) is 1.20. The Morgan fingerprint density at radius 1 is 1.22 bits per heavy atom. The third-order valence-corrected chi connectivity index (χ3v) is 3.26. The van der Waals surface area contributed by atoms with Crippen molar-refractivity contribution in [3.8, 4) is 0 Å². The highest BCUT2D eigenvalue weighted by molar-refractivity contribution is 6.43. The lowest BCUT2D eigenvalue weighted by atomic mass is 9.91. The monoisotopic (exact) mass is 287 g/mol. The smallest absolute Gasteiger partial charge is 0.253 e. The van der Waals surface area contributed by atoms with E-state index in [1.807, 2.05) is 0 Å². The number of ketones is 1. The van der Waals surface area contributed by atoms with Gasteiger partial charge in [0.1, 0.15) is 0 Å². The van der Waals surface area contributed by atoms with Crippen LogP contribution in [-0.4, -0.2) is 18.2 Å². The van der Waals surface area contributed by atoms with Gasteiger partial charge in [0, 0.05) is 5.41 Å². The number of carbonyl (C=O) groups excluding carboxylic acids is 2. The third-order valence-electron chi connectivity index (χ3n) is 2.44. The Morgan fingerprint density at radius 3 is 2.39 bits per heavy atom. The van der Waals surface area contributed by atoms with E-state index in [0.717, 1.165) is 0 Å². The van der Waals surface area contributed by atoms with Gasteiger partial charge in [0.05, 0.1) is 22.2 Å². The first-order chi connectivity index (χ1) is 8.23. The van der Waals surface area contributed by atoms with Crippen molar-refractivity contribution in [2.45, 2.75) is 20.8 Å². The van der Waals surface area contributed by atoms with Crippen LogP contribution in [0.15, 0.2) is 18.2 Å². The normalized spacial score (nSPS) is 11.2. The summed E-state index contributed by atoms with van der Waals surface area (Å²) < 4.78 is 0.